The first kappa shape index (κ1) is 29.1. The van der Waals surface area contributed by atoms with Crippen LogP contribution in [0.1, 0.15) is 37.8 Å². The number of hydrogen-bond donors (Lipinski definition) is 0. The van der Waals surface area contributed by atoms with Gasteiger partial charge < -0.3 is 9.47 Å². The van der Waals surface area contributed by atoms with Crippen LogP contribution in [0.2, 0.25) is 0 Å². The average Bonchev–Trinajstić information content (AvgIpc) is 2.94. The van der Waals surface area contributed by atoms with Crippen molar-refractivity contribution in [3.8, 4) is 11.5 Å². The van der Waals surface area contributed by atoms with Gasteiger partial charge in [0.2, 0.25) is 20.0 Å². The van der Waals surface area contributed by atoms with E-state index in [2.05, 4.69) is 0 Å². The van der Waals surface area contributed by atoms with Gasteiger partial charge in [-0.3, -0.25) is 0 Å². The molecule has 0 spiro atoms. The van der Waals surface area contributed by atoms with Gasteiger partial charge in [-0.2, -0.15) is 8.61 Å². The van der Waals surface area contributed by atoms with Crippen LogP contribution >= 0.6 is 0 Å². The minimum Gasteiger partial charge on any atom is -0.497 e. The molecule has 1 aliphatic rings. The lowest BCUT2D eigenvalue weighted by Crippen LogP contribution is -2.39. The van der Waals surface area contributed by atoms with Crippen molar-refractivity contribution in [1.29, 1.82) is 0 Å². The van der Waals surface area contributed by atoms with Crippen molar-refractivity contribution in [3.05, 3.63) is 83.9 Å². The lowest BCUT2D eigenvalue weighted by atomic mass is 10.0. The Balaban J connectivity index is 1.62. The highest BCUT2D eigenvalue weighted by molar-refractivity contribution is 7.89. The van der Waals surface area contributed by atoms with E-state index in [0.29, 0.717) is 37.1 Å². The van der Waals surface area contributed by atoms with Crippen LogP contribution in [0.25, 0.3) is 0 Å². The van der Waals surface area contributed by atoms with Gasteiger partial charge in [-0.25, -0.2) is 16.8 Å². The third-order valence-corrected chi connectivity index (χ3v) is 10.5. The van der Waals surface area contributed by atoms with Gasteiger partial charge in [0, 0.05) is 26.2 Å². The molecule has 0 N–H and O–H groups in total. The molecular formula is C29H36N2O6S2. The van der Waals surface area contributed by atoms with E-state index in [4.69, 9.17) is 9.47 Å². The van der Waals surface area contributed by atoms with Crippen LogP contribution in [0.3, 0.4) is 0 Å². The highest BCUT2D eigenvalue weighted by Gasteiger charge is 2.30. The standard InChI is InChI=1S/C29H36N2O6S2/c1-4-37-27-13-9-25(10-14-27)22-31(21-24-7-11-26(36-3)12-8-24)39(34,35)29-17-15-28(16-18-29)38(32,33)30-19-5-6-23(2)20-30/h7-18,23H,4-6,19-22H2,1-3H3/t23-/m0/s1. The topological polar surface area (TPSA) is 93.2 Å². The van der Waals surface area contributed by atoms with Crippen LogP contribution in [0.15, 0.2) is 82.6 Å². The molecule has 0 aliphatic carbocycles. The maximum absolute atomic E-state index is 13.9. The van der Waals surface area contributed by atoms with Gasteiger partial charge >= 0.3 is 0 Å². The molecule has 3 aromatic carbocycles. The number of ether oxygens (including phenoxy) is 2. The van der Waals surface area contributed by atoms with Gasteiger partial charge in [0.15, 0.2) is 0 Å². The van der Waals surface area contributed by atoms with E-state index >= 15 is 0 Å². The summed E-state index contributed by atoms with van der Waals surface area (Å²) in [5.74, 6) is 1.69. The Morgan fingerprint density at radius 1 is 0.821 bits per heavy atom. The highest BCUT2D eigenvalue weighted by atomic mass is 32.2. The van der Waals surface area contributed by atoms with Gasteiger partial charge in [-0.05, 0) is 85.3 Å². The molecule has 10 heteroatoms. The van der Waals surface area contributed by atoms with Gasteiger partial charge in [0.05, 0.1) is 23.5 Å². The van der Waals surface area contributed by atoms with Crippen molar-refractivity contribution in [2.24, 2.45) is 5.92 Å². The number of hydrogen-bond acceptors (Lipinski definition) is 6. The van der Waals surface area contributed by atoms with E-state index in [0.717, 1.165) is 24.0 Å². The molecule has 8 nitrogen and oxygen atoms in total. The summed E-state index contributed by atoms with van der Waals surface area (Å²) in [6.45, 7) is 5.70. The minimum absolute atomic E-state index is 0.0351. The molecule has 1 fully saturated rings. The quantitative estimate of drug-likeness (QED) is 0.324. The molecular weight excluding hydrogens is 536 g/mol. The van der Waals surface area contributed by atoms with Crippen LogP contribution in [0.4, 0.5) is 0 Å². The number of benzene rings is 3. The van der Waals surface area contributed by atoms with Crippen molar-refractivity contribution < 1.29 is 26.3 Å². The highest BCUT2D eigenvalue weighted by Crippen LogP contribution is 2.27. The van der Waals surface area contributed by atoms with E-state index in [1.165, 1.54) is 32.9 Å². The van der Waals surface area contributed by atoms with Crippen molar-refractivity contribution in [2.45, 2.75) is 49.6 Å². The Kier molecular flexibility index (Phi) is 9.32. The zero-order valence-corrected chi connectivity index (χ0v) is 24.2. The number of methoxy groups -OCH3 is 1. The molecule has 0 unspecified atom stereocenters. The zero-order valence-electron chi connectivity index (χ0n) is 22.6. The van der Waals surface area contributed by atoms with E-state index < -0.39 is 20.0 Å². The summed E-state index contributed by atoms with van der Waals surface area (Å²) < 4.78 is 67.7. The number of nitrogens with zero attached hydrogens (tertiary/aromatic N) is 2. The van der Waals surface area contributed by atoms with Crippen molar-refractivity contribution in [2.75, 3.05) is 26.8 Å². The van der Waals surface area contributed by atoms with E-state index in [1.807, 2.05) is 50.2 Å². The van der Waals surface area contributed by atoms with E-state index in [9.17, 15) is 16.8 Å². The average molecular weight is 573 g/mol. The van der Waals surface area contributed by atoms with E-state index in [-0.39, 0.29) is 22.9 Å². The predicted octanol–water partition coefficient (Wildman–Crippen LogP) is 4.91. The second kappa shape index (κ2) is 12.5. The van der Waals surface area contributed by atoms with Crippen molar-refractivity contribution in [1.82, 2.24) is 8.61 Å². The molecule has 39 heavy (non-hydrogen) atoms. The van der Waals surface area contributed by atoms with Gasteiger partial charge in [-0.15, -0.1) is 0 Å². The second-order valence-electron chi connectivity index (χ2n) is 9.78. The van der Waals surface area contributed by atoms with Crippen LogP contribution in [-0.2, 0) is 33.1 Å². The molecule has 0 saturated carbocycles. The fourth-order valence-electron chi connectivity index (χ4n) is 4.67. The zero-order chi connectivity index (χ0) is 28.0. The molecule has 1 heterocycles. The predicted molar refractivity (Wildman–Crippen MR) is 151 cm³/mol. The van der Waals surface area contributed by atoms with Gasteiger partial charge in [0.1, 0.15) is 11.5 Å². The summed E-state index contributed by atoms with van der Waals surface area (Å²) in [4.78, 5) is 0.136. The van der Waals surface area contributed by atoms with Crippen LogP contribution in [-0.4, -0.2) is 52.3 Å². The SMILES string of the molecule is CCOc1ccc(CN(Cc2ccc(OC)cc2)S(=O)(=O)c2ccc(S(=O)(=O)N3CCC[C@H](C)C3)cc2)cc1. The van der Waals surface area contributed by atoms with E-state index in [1.54, 1.807) is 19.2 Å². The third-order valence-electron chi connectivity index (χ3n) is 6.83. The van der Waals surface area contributed by atoms with Gasteiger partial charge in [0.25, 0.3) is 0 Å². The molecule has 0 radical (unpaired) electrons. The largest absolute Gasteiger partial charge is 0.497 e. The van der Waals surface area contributed by atoms with Crippen LogP contribution in [0, 0.1) is 5.92 Å². The normalized spacial score (nSPS) is 16.8. The lowest BCUT2D eigenvalue weighted by Gasteiger charge is -2.30. The molecule has 0 bridgehead atoms. The van der Waals surface area contributed by atoms with Crippen molar-refractivity contribution >= 4 is 20.0 Å². The molecule has 0 aromatic heterocycles. The summed E-state index contributed by atoms with van der Waals surface area (Å²) in [5.41, 5.74) is 1.60. The summed E-state index contributed by atoms with van der Waals surface area (Å²) >= 11 is 0. The Hall–Kier alpha value is -2.92. The summed E-state index contributed by atoms with van der Waals surface area (Å²) in [7, 11) is -6.08. The maximum atomic E-state index is 13.9. The first-order valence-electron chi connectivity index (χ1n) is 13.1. The molecule has 0 amide bonds. The fourth-order valence-corrected chi connectivity index (χ4v) is 7.68. The fraction of sp³-hybridized carbons (Fsp3) is 0.379. The molecule has 4 rings (SSSR count). The molecule has 210 valence electrons. The molecule has 1 saturated heterocycles. The Bertz CT molecular complexity index is 1440. The van der Waals surface area contributed by atoms with Crippen LogP contribution in [0.5, 0.6) is 11.5 Å². The lowest BCUT2D eigenvalue weighted by molar-refractivity contribution is 0.281. The summed E-state index contributed by atoms with van der Waals surface area (Å²) in [6.07, 6.45) is 1.82. The first-order chi connectivity index (χ1) is 18.6. The number of rotatable bonds is 11. The first-order valence-corrected chi connectivity index (χ1v) is 16.0. The van der Waals surface area contributed by atoms with Crippen LogP contribution < -0.4 is 9.47 Å². The summed E-state index contributed by atoms with van der Waals surface area (Å²) in [5, 5.41) is 0. The maximum Gasteiger partial charge on any atom is 0.243 e. The number of piperidine rings is 1. The monoisotopic (exact) mass is 572 g/mol. The Morgan fingerprint density at radius 2 is 1.36 bits per heavy atom. The summed E-state index contributed by atoms with van der Waals surface area (Å²) in [6, 6.07) is 20.1. The molecule has 1 atom stereocenters. The molecule has 3 aromatic rings. The minimum atomic E-state index is -3.97. The van der Waals surface area contributed by atoms with Gasteiger partial charge in [-0.1, -0.05) is 31.2 Å². The third kappa shape index (κ3) is 7.00. The Morgan fingerprint density at radius 3 is 1.87 bits per heavy atom. The number of sulfonamides is 2. The smallest absolute Gasteiger partial charge is 0.243 e. The van der Waals surface area contributed by atoms with Crippen molar-refractivity contribution in [3.63, 3.8) is 0 Å². The Labute approximate surface area is 232 Å². The molecule has 1 aliphatic heterocycles. The second-order valence-corrected chi connectivity index (χ2v) is 13.7.